The third-order valence-corrected chi connectivity index (χ3v) is 2.94. The lowest BCUT2D eigenvalue weighted by molar-refractivity contribution is 1.05. The van der Waals surface area contributed by atoms with Crippen molar-refractivity contribution in [1.82, 2.24) is 0 Å². The van der Waals surface area contributed by atoms with Gasteiger partial charge < -0.3 is 0 Å². The van der Waals surface area contributed by atoms with Crippen LogP contribution < -0.4 is 0 Å². The molecule has 0 N–H and O–H groups in total. The lowest BCUT2D eigenvalue weighted by Gasteiger charge is -2.11. The van der Waals surface area contributed by atoms with Crippen LogP contribution in [0.3, 0.4) is 0 Å². The van der Waals surface area contributed by atoms with Crippen molar-refractivity contribution in [3.05, 3.63) is 34.4 Å². The molecular formula is C13H22. The van der Waals surface area contributed by atoms with Gasteiger partial charge in [0.15, 0.2) is 0 Å². The van der Waals surface area contributed by atoms with Crippen LogP contribution in [0.5, 0.6) is 0 Å². The number of hydrogen-bond donors (Lipinski definition) is 0. The molecule has 0 spiro atoms. The van der Waals surface area contributed by atoms with Gasteiger partial charge in [-0.3, -0.25) is 0 Å². The molecule has 0 nitrogen and oxygen atoms in total. The van der Waals surface area contributed by atoms with E-state index in [0.717, 1.165) is 6.42 Å². The van der Waals surface area contributed by atoms with Crippen molar-refractivity contribution >= 4 is 0 Å². The van der Waals surface area contributed by atoms with E-state index in [1.54, 1.807) is 0 Å². The predicted molar refractivity (Wildman–Crippen MR) is 61.9 cm³/mol. The lowest BCUT2D eigenvalue weighted by Crippen LogP contribution is -1.90. The van der Waals surface area contributed by atoms with Gasteiger partial charge in [0.05, 0.1) is 0 Å². The van der Waals surface area contributed by atoms with Crippen molar-refractivity contribution in [2.24, 2.45) is 0 Å². The zero-order valence-corrected chi connectivity index (χ0v) is 9.91. The van der Waals surface area contributed by atoms with Crippen molar-refractivity contribution in [2.75, 3.05) is 0 Å². The van der Waals surface area contributed by atoms with Crippen molar-refractivity contribution in [2.45, 2.75) is 48.0 Å². The first-order chi connectivity index (χ1) is 5.91. The molecule has 0 rings (SSSR count). The van der Waals surface area contributed by atoms with Crippen LogP contribution in [0, 0.1) is 0 Å². The van der Waals surface area contributed by atoms with Crippen molar-refractivity contribution < 1.29 is 0 Å². The van der Waals surface area contributed by atoms with Gasteiger partial charge in [-0.1, -0.05) is 24.6 Å². The average molecular weight is 178 g/mol. The molecule has 0 heteroatoms. The highest BCUT2D eigenvalue weighted by Crippen LogP contribution is 2.22. The highest BCUT2D eigenvalue weighted by Gasteiger charge is 2.02. The molecule has 0 aliphatic rings. The summed E-state index contributed by atoms with van der Waals surface area (Å²) >= 11 is 0. The maximum Gasteiger partial charge on any atom is -0.0346 e. The molecule has 0 aromatic carbocycles. The molecule has 0 aromatic rings. The Balaban J connectivity index is 5.10. The average Bonchev–Trinajstić information content (AvgIpc) is 2.12. The lowest BCUT2D eigenvalue weighted by atomic mass is 9.95. The molecule has 74 valence electrons. The number of rotatable bonds is 3. The van der Waals surface area contributed by atoms with Crippen molar-refractivity contribution in [3.8, 4) is 0 Å². The van der Waals surface area contributed by atoms with E-state index in [1.807, 2.05) is 0 Å². The number of hydrogen-bond acceptors (Lipinski definition) is 0. The van der Waals surface area contributed by atoms with Gasteiger partial charge in [-0.15, -0.1) is 0 Å². The largest absolute Gasteiger partial charge is 0.0958 e. The molecule has 0 unspecified atom stereocenters. The van der Waals surface area contributed by atoms with Gasteiger partial charge in [0.25, 0.3) is 0 Å². The van der Waals surface area contributed by atoms with Gasteiger partial charge in [0.1, 0.15) is 0 Å². The minimum Gasteiger partial charge on any atom is -0.0958 e. The summed E-state index contributed by atoms with van der Waals surface area (Å²) in [5.74, 6) is 0. The van der Waals surface area contributed by atoms with Crippen LogP contribution >= 0.6 is 0 Å². The third kappa shape index (κ3) is 3.22. The van der Waals surface area contributed by atoms with Gasteiger partial charge >= 0.3 is 0 Å². The Morgan fingerprint density at radius 1 is 0.846 bits per heavy atom. The second-order valence-electron chi connectivity index (χ2n) is 3.79. The molecule has 0 aromatic heterocycles. The van der Waals surface area contributed by atoms with Crippen LogP contribution in [0.1, 0.15) is 48.0 Å². The van der Waals surface area contributed by atoms with E-state index >= 15 is 0 Å². The normalized spacial score (nSPS) is 14.9. The SMILES string of the molecule is C=C(C)C(C)=C(C)C(C)=C(C)CC. The Hall–Kier alpha value is -0.780. The topological polar surface area (TPSA) is 0 Å². The maximum atomic E-state index is 3.96. The van der Waals surface area contributed by atoms with Crippen LogP contribution in [0.25, 0.3) is 0 Å². The van der Waals surface area contributed by atoms with Crippen molar-refractivity contribution in [1.29, 1.82) is 0 Å². The highest BCUT2D eigenvalue weighted by molar-refractivity contribution is 5.41. The highest BCUT2D eigenvalue weighted by atomic mass is 14.1. The fourth-order valence-corrected chi connectivity index (χ4v) is 1.19. The summed E-state index contributed by atoms with van der Waals surface area (Å²) in [5.41, 5.74) is 6.76. The molecule has 0 saturated carbocycles. The van der Waals surface area contributed by atoms with Crippen LogP contribution in [0.15, 0.2) is 34.4 Å². The Morgan fingerprint density at radius 2 is 1.31 bits per heavy atom. The summed E-state index contributed by atoms with van der Waals surface area (Å²) in [6.45, 7) is 16.9. The predicted octanol–water partition coefficient (Wildman–Crippen LogP) is 4.65. The van der Waals surface area contributed by atoms with E-state index < -0.39 is 0 Å². The van der Waals surface area contributed by atoms with E-state index in [1.165, 1.54) is 27.9 Å². The van der Waals surface area contributed by atoms with E-state index in [-0.39, 0.29) is 0 Å². The maximum absolute atomic E-state index is 3.96. The summed E-state index contributed by atoms with van der Waals surface area (Å²) in [6.07, 6.45) is 1.13. The molecule has 0 heterocycles. The second kappa shape index (κ2) is 5.06. The van der Waals surface area contributed by atoms with Gasteiger partial charge in [-0.05, 0) is 57.8 Å². The van der Waals surface area contributed by atoms with Crippen LogP contribution in [-0.4, -0.2) is 0 Å². The minimum atomic E-state index is 1.13. The first-order valence-corrected chi connectivity index (χ1v) is 4.91. The Morgan fingerprint density at radius 3 is 1.62 bits per heavy atom. The van der Waals surface area contributed by atoms with Gasteiger partial charge in [0, 0.05) is 0 Å². The summed E-state index contributed by atoms with van der Waals surface area (Å²) in [4.78, 5) is 0. The van der Waals surface area contributed by atoms with Crippen LogP contribution in [-0.2, 0) is 0 Å². The van der Waals surface area contributed by atoms with Gasteiger partial charge in [-0.25, -0.2) is 0 Å². The Bertz CT molecular complexity index is 262. The molecule has 0 aliphatic heterocycles. The van der Waals surface area contributed by atoms with Crippen LogP contribution in [0.2, 0.25) is 0 Å². The fraction of sp³-hybridized carbons (Fsp3) is 0.538. The summed E-state index contributed by atoms with van der Waals surface area (Å²) in [6, 6.07) is 0. The Labute approximate surface area is 83.0 Å². The summed E-state index contributed by atoms with van der Waals surface area (Å²) < 4.78 is 0. The van der Waals surface area contributed by atoms with Gasteiger partial charge in [0.2, 0.25) is 0 Å². The molecule has 0 saturated heterocycles. The zero-order chi connectivity index (χ0) is 10.6. The number of allylic oxidation sites excluding steroid dienone is 5. The summed E-state index contributed by atoms with van der Waals surface area (Å²) in [7, 11) is 0. The fourth-order valence-electron chi connectivity index (χ4n) is 1.19. The zero-order valence-electron chi connectivity index (χ0n) is 9.91. The molecular weight excluding hydrogens is 156 g/mol. The quantitative estimate of drug-likeness (QED) is 0.552. The van der Waals surface area contributed by atoms with E-state index in [9.17, 15) is 0 Å². The van der Waals surface area contributed by atoms with E-state index in [0.29, 0.717) is 0 Å². The van der Waals surface area contributed by atoms with E-state index in [2.05, 4.69) is 48.1 Å². The third-order valence-electron chi connectivity index (χ3n) is 2.94. The van der Waals surface area contributed by atoms with Crippen LogP contribution in [0.4, 0.5) is 0 Å². The minimum absolute atomic E-state index is 1.13. The second-order valence-corrected chi connectivity index (χ2v) is 3.79. The molecule has 0 bridgehead atoms. The van der Waals surface area contributed by atoms with E-state index in [4.69, 9.17) is 0 Å². The summed E-state index contributed by atoms with van der Waals surface area (Å²) in [5, 5.41) is 0. The first kappa shape index (κ1) is 12.2. The standard InChI is InChI=1S/C13H22/c1-8-10(4)12(6)13(7)11(5)9(2)3/h2,8H2,1,3-7H3. The molecule has 0 amide bonds. The molecule has 13 heavy (non-hydrogen) atoms. The first-order valence-electron chi connectivity index (χ1n) is 4.91. The Kier molecular flexibility index (Phi) is 4.76. The van der Waals surface area contributed by atoms with Crippen molar-refractivity contribution in [3.63, 3.8) is 0 Å². The molecule has 0 atom stereocenters. The monoisotopic (exact) mass is 178 g/mol. The molecule has 0 radical (unpaired) electrons. The molecule has 0 fully saturated rings. The van der Waals surface area contributed by atoms with Gasteiger partial charge in [-0.2, -0.15) is 0 Å². The smallest absolute Gasteiger partial charge is 0.0346 e. The molecule has 0 aliphatic carbocycles.